The largest absolute Gasteiger partial charge is 0.310 e. The molecule has 0 aromatic heterocycles. The van der Waals surface area contributed by atoms with Crippen molar-refractivity contribution in [1.29, 1.82) is 0 Å². The Morgan fingerprint density at radius 2 is 1.85 bits per heavy atom. The molecular weight excluding hydrogens is 279 g/mol. The number of hydrogen-bond donors (Lipinski definition) is 1. The van der Waals surface area contributed by atoms with Crippen molar-refractivity contribution in [2.24, 2.45) is 0 Å². The van der Waals surface area contributed by atoms with Gasteiger partial charge in [0.1, 0.15) is 5.82 Å². The van der Waals surface area contributed by atoms with Gasteiger partial charge in [-0.25, -0.2) is 12.8 Å². The predicted molar refractivity (Wildman–Crippen MR) is 78.5 cm³/mol. The maximum absolute atomic E-state index is 13.4. The van der Waals surface area contributed by atoms with Crippen LogP contribution in [0.2, 0.25) is 0 Å². The molecule has 0 amide bonds. The van der Waals surface area contributed by atoms with Gasteiger partial charge in [-0.3, -0.25) is 0 Å². The zero-order chi connectivity index (χ0) is 15.3. The Labute approximate surface area is 121 Å². The Morgan fingerprint density at radius 3 is 2.35 bits per heavy atom. The zero-order valence-electron chi connectivity index (χ0n) is 12.5. The standard InChI is InChI=1S/C14H23FN2O2S/c1-5-17(6-2)20(18,19)14-9-13(15)8-7-12(14)10-16-11(3)4/h7-9,11,16H,5-6,10H2,1-4H3. The molecule has 0 saturated carbocycles. The highest BCUT2D eigenvalue weighted by atomic mass is 32.2. The normalized spacial score (nSPS) is 12.3. The Kier molecular flexibility index (Phi) is 6.10. The SMILES string of the molecule is CCN(CC)S(=O)(=O)c1cc(F)ccc1CNC(C)C. The number of nitrogens with one attached hydrogen (secondary N) is 1. The first-order valence-corrected chi connectivity index (χ1v) is 8.28. The molecule has 4 nitrogen and oxygen atoms in total. The van der Waals surface area contributed by atoms with Crippen molar-refractivity contribution in [3.63, 3.8) is 0 Å². The van der Waals surface area contributed by atoms with Crippen molar-refractivity contribution >= 4 is 10.0 Å². The Morgan fingerprint density at radius 1 is 1.25 bits per heavy atom. The molecule has 0 heterocycles. The smallest absolute Gasteiger partial charge is 0.243 e. The molecule has 0 bridgehead atoms. The molecule has 0 aliphatic rings. The van der Waals surface area contributed by atoms with Crippen LogP contribution >= 0.6 is 0 Å². The summed E-state index contributed by atoms with van der Waals surface area (Å²) >= 11 is 0. The van der Waals surface area contributed by atoms with E-state index in [0.717, 1.165) is 6.07 Å². The minimum absolute atomic E-state index is 0.0503. The number of rotatable bonds is 7. The van der Waals surface area contributed by atoms with Crippen molar-refractivity contribution < 1.29 is 12.8 Å². The van der Waals surface area contributed by atoms with Gasteiger partial charge in [0, 0.05) is 25.7 Å². The maximum atomic E-state index is 13.4. The van der Waals surface area contributed by atoms with Crippen LogP contribution in [0.5, 0.6) is 0 Å². The number of benzene rings is 1. The van der Waals surface area contributed by atoms with Gasteiger partial charge in [-0.2, -0.15) is 4.31 Å². The van der Waals surface area contributed by atoms with Gasteiger partial charge in [-0.05, 0) is 17.7 Å². The minimum Gasteiger partial charge on any atom is -0.310 e. The van der Waals surface area contributed by atoms with Crippen LogP contribution in [0.3, 0.4) is 0 Å². The second-order valence-corrected chi connectivity index (χ2v) is 6.78. The Hall–Kier alpha value is -0.980. The van der Waals surface area contributed by atoms with Gasteiger partial charge in [-0.1, -0.05) is 33.8 Å². The van der Waals surface area contributed by atoms with Gasteiger partial charge in [0.25, 0.3) is 0 Å². The number of nitrogens with zero attached hydrogens (tertiary/aromatic N) is 1. The monoisotopic (exact) mass is 302 g/mol. The molecular formula is C14H23FN2O2S. The summed E-state index contributed by atoms with van der Waals surface area (Å²) in [5.41, 5.74) is 0.590. The van der Waals surface area contributed by atoms with Gasteiger partial charge < -0.3 is 5.32 Å². The Balaban J connectivity index is 3.24. The summed E-state index contributed by atoms with van der Waals surface area (Å²) in [7, 11) is -3.65. The summed E-state index contributed by atoms with van der Waals surface area (Å²) in [5.74, 6) is -0.538. The molecule has 6 heteroatoms. The van der Waals surface area contributed by atoms with Crippen LogP contribution in [-0.2, 0) is 16.6 Å². The lowest BCUT2D eigenvalue weighted by Crippen LogP contribution is -2.32. The highest BCUT2D eigenvalue weighted by Crippen LogP contribution is 2.21. The van der Waals surface area contributed by atoms with Crippen LogP contribution < -0.4 is 5.32 Å². The van der Waals surface area contributed by atoms with E-state index >= 15 is 0 Å². The number of sulfonamides is 1. The van der Waals surface area contributed by atoms with E-state index in [0.29, 0.717) is 25.2 Å². The van der Waals surface area contributed by atoms with Crippen LogP contribution in [0, 0.1) is 5.82 Å². The van der Waals surface area contributed by atoms with Crippen molar-refractivity contribution in [1.82, 2.24) is 9.62 Å². The molecule has 114 valence electrons. The van der Waals surface area contributed by atoms with Gasteiger partial charge in [0.15, 0.2) is 0 Å². The van der Waals surface area contributed by atoms with Crippen molar-refractivity contribution in [3.8, 4) is 0 Å². The van der Waals surface area contributed by atoms with E-state index in [1.54, 1.807) is 13.8 Å². The fourth-order valence-corrected chi connectivity index (χ4v) is 3.62. The van der Waals surface area contributed by atoms with Crippen LogP contribution in [0.15, 0.2) is 23.1 Å². The van der Waals surface area contributed by atoms with E-state index in [4.69, 9.17) is 0 Å². The molecule has 0 saturated heterocycles. The summed E-state index contributed by atoms with van der Waals surface area (Å²) < 4.78 is 39.9. The first kappa shape index (κ1) is 17.1. The summed E-state index contributed by atoms with van der Waals surface area (Å²) in [5, 5.41) is 3.16. The second-order valence-electron chi connectivity index (χ2n) is 4.88. The highest BCUT2D eigenvalue weighted by Gasteiger charge is 2.25. The lowest BCUT2D eigenvalue weighted by atomic mass is 10.2. The summed E-state index contributed by atoms with van der Waals surface area (Å²) in [6, 6.07) is 4.15. The lowest BCUT2D eigenvalue weighted by molar-refractivity contribution is 0.443. The van der Waals surface area contributed by atoms with Crippen LogP contribution in [0.25, 0.3) is 0 Å². The van der Waals surface area contributed by atoms with E-state index in [-0.39, 0.29) is 10.9 Å². The van der Waals surface area contributed by atoms with Crippen LogP contribution in [0.4, 0.5) is 4.39 Å². The molecule has 0 unspecified atom stereocenters. The Bertz CT molecular complexity index is 540. The molecule has 0 radical (unpaired) electrons. The quantitative estimate of drug-likeness (QED) is 0.841. The summed E-state index contributed by atoms with van der Waals surface area (Å²) in [4.78, 5) is 0.0503. The van der Waals surface area contributed by atoms with E-state index < -0.39 is 15.8 Å². The van der Waals surface area contributed by atoms with Crippen LogP contribution in [0.1, 0.15) is 33.3 Å². The molecule has 0 fully saturated rings. The van der Waals surface area contributed by atoms with Gasteiger partial charge in [0.2, 0.25) is 10.0 Å². The average molecular weight is 302 g/mol. The third-order valence-electron chi connectivity index (χ3n) is 3.05. The molecule has 1 rings (SSSR count). The first-order chi connectivity index (χ1) is 9.32. The third-order valence-corrected chi connectivity index (χ3v) is 5.19. The summed E-state index contributed by atoms with van der Waals surface area (Å²) in [6.45, 7) is 8.62. The van der Waals surface area contributed by atoms with Crippen LogP contribution in [-0.4, -0.2) is 31.9 Å². The van der Waals surface area contributed by atoms with Gasteiger partial charge in [-0.15, -0.1) is 0 Å². The third kappa shape index (κ3) is 4.01. The second kappa shape index (κ2) is 7.15. The predicted octanol–water partition coefficient (Wildman–Crippen LogP) is 2.35. The molecule has 20 heavy (non-hydrogen) atoms. The number of hydrogen-bond acceptors (Lipinski definition) is 3. The lowest BCUT2D eigenvalue weighted by Gasteiger charge is -2.21. The van der Waals surface area contributed by atoms with E-state index in [9.17, 15) is 12.8 Å². The minimum atomic E-state index is -3.65. The van der Waals surface area contributed by atoms with E-state index in [1.807, 2.05) is 13.8 Å². The first-order valence-electron chi connectivity index (χ1n) is 6.84. The highest BCUT2D eigenvalue weighted by molar-refractivity contribution is 7.89. The molecule has 1 N–H and O–H groups in total. The van der Waals surface area contributed by atoms with Gasteiger partial charge in [0.05, 0.1) is 4.90 Å². The molecule has 0 aliphatic heterocycles. The van der Waals surface area contributed by atoms with Crippen molar-refractivity contribution in [2.75, 3.05) is 13.1 Å². The molecule has 1 aromatic carbocycles. The fourth-order valence-electron chi connectivity index (χ4n) is 1.93. The number of halogens is 1. The zero-order valence-corrected chi connectivity index (χ0v) is 13.3. The summed E-state index contributed by atoms with van der Waals surface area (Å²) in [6.07, 6.45) is 0. The van der Waals surface area contributed by atoms with Gasteiger partial charge >= 0.3 is 0 Å². The molecule has 0 aliphatic carbocycles. The topological polar surface area (TPSA) is 49.4 Å². The van der Waals surface area contributed by atoms with E-state index in [1.165, 1.54) is 16.4 Å². The molecule has 1 aromatic rings. The van der Waals surface area contributed by atoms with E-state index in [2.05, 4.69) is 5.32 Å². The molecule has 0 spiro atoms. The van der Waals surface area contributed by atoms with Crippen molar-refractivity contribution in [3.05, 3.63) is 29.6 Å². The van der Waals surface area contributed by atoms with Crippen molar-refractivity contribution in [2.45, 2.75) is 45.2 Å². The molecule has 0 atom stereocenters. The fraction of sp³-hybridized carbons (Fsp3) is 0.571. The average Bonchev–Trinajstić information content (AvgIpc) is 2.38. The maximum Gasteiger partial charge on any atom is 0.243 e.